The van der Waals surface area contributed by atoms with Crippen molar-refractivity contribution in [3.8, 4) is 0 Å². The first-order valence-electron chi connectivity index (χ1n) is 10.3. The number of benzene rings is 4. The van der Waals surface area contributed by atoms with Crippen molar-refractivity contribution < 1.29 is 4.52 Å². The molecular formula is C27H23N2OP. The summed E-state index contributed by atoms with van der Waals surface area (Å²) in [6.45, 7) is 0. The van der Waals surface area contributed by atoms with Crippen molar-refractivity contribution in [1.29, 1.82) is 0 Å². The van der Waals surface area contributed by atoms with Gasteiger partial charge in [-0.15, -0.1) is 0 Å². The number of aryl methyl sites for hydroxylation is 1. The van der Waals surface area contributed by atoms with Crippen LogP contribution >= 0.6 is 8.15 Å². The van der Waals surface area contributed by atoms with Crippen molar-refractivity contribution in [1.82, 2.24) is 9.55 Å². The van der Waals surface area contributed by atoms with Gasteiger partial charge in [-0.25, -0.2) is 4.98 Å². The van der Waals surface area contributed by atoms with Crippen molar-refractivity contribution in [3.63, 3.8) is 0 Å². The number of hydrogen-bond acceptors (Lipinski definition) is 2. The molecule has 0 saturated heterocycles. The summed E-state index contributed by atoms with van der Waals surface area (Å²) in [6.07, 6.45) is -0.287. The molecule has 0 radical (unpaired) electrons. The smallest absolute Gasteiger partial charge is 0.145 e. The predicted octanol–water partition coefficient (Wildman–Crippen LogP) is 5.73. The van der Waals surface area contributed by atoms with Gasteiger partial charge in [-0.1, -0.05) is 103 Å². The molecule has 3 nitrogen and oxygen atoms in total. The Morgan fingerprint density at radius 1 is 0.677 bits per heavy atom. The van der Waals surface area contributed by atoms with Crippen LogP contribution in [0.2, 0.25) is 0 Å². The van der Waals surface area contributed by atoms with Gasteiger partial charge in [-0.3, -0.25) is 0 Å². The number of fused-ring (bicyclic) bond motifs is 1. The highest BCUT2D eigenvalue weighted by Gasteiger charge is 2.27. The second-order valence-corrected chi connectivity index (χ2v) is 9.21. The predicted molar refractivity (Wildman–Crippen MR) is 129 cm³/mol. The summed E-state index contributed by atoms with van der Waals surface area (Å²) in [4.78, 5) is 4.98. The molecule has 0 aliphatic rings. The fraction of sp³-hybridized carbons (Fsp3) is 0.0741. The fourth-order valence-electron chi connectivity index (χ4n) is 3.79. The van der Waals surface area contributed by atoms with Gasteiger partial charge in [0.25, 0.3) is 0 Å². The van der Waals surface area contributed by atoms with Crippen LogP contribution in [0.25, 0.3) is 11.0 Å². The van der Waals surface area contributed by atoms with E-state index in [-0.39, 0.29) is 6.10 Å². The van der Waals surface area contributed by atoms with Gasteiger partial charge in [0, 0.05) is 17.7 Å². The Labute approximate surface area is 183 Å². The summed E-state index contributed by atoms with van der Waals surface area (Å²) < 4.78 is 9.14. The van der Waals surface area contributed by atoms with E-state index in [0.29, 0.717) is 0 Å². The average molecular weight is 422 g/mol. The van der Waals surface area contributed by atoms with E-state index in [4.69, 9.17) is 9.51 Å². The zero-order valence-corrected chi connectivity index (χ0v) is 18.2. The molecule has 5 aromatic rings. The van der Waals surface area contributed by atoms with Crippen molar-refractivity contribution in [3.05, 3.63) is 127 Å². The Morgan fingerprint density at radius 2 is 1.19 bits per heavy atom. The lowest BCUT2D eigenvalue weighted by Crippen LogP contribution is -2.18. The van der Waals surface area contributed by atoms with Gasteiger partial charge < -0.3 is 9.09 Å². The number of imidazole rings is 1. The number of rotatable bonds is 6. The van der Waals surface area contributed by atoms with Crippen LogP contribution in [0, 0.1) is 0 Å². The molecule has 1 atom stereocenters. The third-order valence-corrected chi connectivity index (χ3v) is 7.31. The maximum atomic E-state index is 6.99. The first-order valence-corrected chi connectivity index (χ1v) is 11.6. The summed E-state index contributed by atoms with van der Waals surface area (Å²) >= 11 is 0. The molecule has 0 aliphatic carbocycles. The SMILES string of the molecule is Cn1c([C@@H](OP(c2ccccc2)c2ccccc2)c2ccccc2)nc2ccccc21. The van der Waals surface area contributed by atoms with Crippen molar-refractivity contribution >= 4 is 29.8 Å². The van der Waals surface area contributed by atoms with E-state index < -0.39 is 8.15 Å². The number of aromatic nitrogens is 2. The summed E-state index contributed by atoms with van der Waals surface area (Å²) in [5, 5.41) is 2.37. The first kappa shape index (κ1) is 19.7. The maximum Gasteiger partial charge on any atom is 0.145 e. The number of para-hydroxylation sites is 2. The zero-order chi connectivity index (χ0) is 21.0. The average Bonchev–Trinajstić information content (AvgIpc) is 3.18. The molecule has 31 heavy (non-hydrogen) atoms. The van der Waals surface area contributed by atoms with Gasteiger partial charge in [-0.2, -0.15) is 0 Å². The largest absolute Gasteiger partial charge is 0.334 e. The second-order valence-electron chi connectivity index (χ2n) is 7.38. The highest BCUT2D eigenvalue weighted by Crippen LogP contribution is 2.43. The van der Waals surface area contributed by atoms with Gasteiger partial charge in [0.1, 0.15) is 11.9 Å². The van der Waals surface area contributed by atoms with Gasteiger partial charge in [0.05, 0.1) is 19.2 Å². The lowest BCUT2D eigenvalue weighted by Gasteiger charge is -2.25. The topological polar surface area (TPSA) is 27.1 Å². The lowest BCUT2D eigenvalue weighted by atomic mass is 10.1. The minimum atomic E-state index is -1.03. The number of nitrogens with zero attached hydrogens (tertiary/aromatic N) is 2. The van der Waals surface area contributed by atoms with Gasteiger partial charge in [0.2, 0.25) is 0 Å². The highest BCUT2D eigenvalue weighted by atomic mass is 31.1. The molecule has 0 aliphatic heterocycles. The minimum Gasteiger partial charge on any atom is -0.334 e. The van der Waals surface area contributed by atoms with E-state index in [2.05, 4.69) is 96.5 Å². The van der Waals surface area contributed by atoms with Crippen LogP contribution in [0.3, 0.4) is 0 Å². The first-order chi connectivity index (χ1) is 15.3. The normalized spacial score (nSPS) is 12.3. The summed E-state index contributed by atoms with van der Waals surface area (Å²) in [6, 6.07) is 39.6. The summed E-state index contributed by atoms with van der Waals surface area (Å²) in [7, 11) is 1.03. The van der Waals surface area contributed by atoms with Crippen LogP contribution in [0.4, 0.5) is 0 Å². The Bertz CT molecular complexity index is 1230. The summed E-state index contributed by atoms with van der Waals surface area (Å²) in [5.74, 6) is 0.909. The van der Waals surface area contributed by atoms with E-state index in [1.165, 1.54) is 10.6 Å². The third-order valence-electron chi connectivity index (χ3n) is 5.35. The highest BCUT2D eigenvalue weighted by molar-refractivity contribution is 7.68. The van der Waals surface area contributed by atoms with E-state index in [1.807, 2.05) is 30.3 Å². The quantitative estimate of drug-likeness (QED) is 0.327. The molecule has 0 unspecified atom stereocenters. The van der Waals surface area contributed by atoms with Crippen molar-refractivity contribution in [2.75, 3.05) is 0 Å². The van der Waals surface area contributed by atoms with Gasteiger partial charge in [-0.05, 0) is 17.7 Å². The van der Waals surface area contributed by atoms with E-state index >= 15 is 0 Å². The van der Waals surface area contributed by atoms with Gasteiger partial charge in [0.15, 0.2) is 0 Å². The molecule has 1 heterocycles. The fourth-order valence-corrected chi connectivity index (χ4v) is 5.64. The van der Waals surface area contributed by atoms with Crippen LogP contribution in [-0.2, 0) is 11.6 Å². The lowest BCUT2D eigenvalue weighted by molar-refractivity contribution is 0.268. The van der Waals surface area contributed by atoms with Crippen LogP contribution < -0.4 is 10.6 Å². The van der Waals surface area contributed by atoms with Crippen LogP contribution in [0.15, 0.2) is 115 Å². The Balaban J connectivity index is 1.64. The molecule has 1 aromatic heterocycles. The van der Waals surface area contributed by atoms with E-state index in [9.17, 15) is 0 Å². The molecule has 4 aromatic carbocycles. The molecule has 0 amide bonds. The standard InChI is InChI=1S/C27H23N2OP/c1-29-25-20-12-11-19-24(25)28-27(29)26(21-13-5-2-6-14-21)30-31(22-15-7-3-8-16-22)23-17-9-4-10-18-23/h2-20,26H,1H3/t26-/m0/s1. The minimum absolute atomic E-state index is 0.287. The van der Waals surface area contributed by atoms with Crippen molar-refractivity contribution in [2.24, 2.45) is 7.05 Å². The molecule has 0 bridgehead atoms. The molecule has 0 fully saturated rings. The molecule has 152 valence electrons. The molecule has 0 spiro atoms. The van der Waals surface area contributed by atoms with E-state index in [0.717, 1.165) is 22.4 Å². The van der Waals surface area contributed by atoms with Crippen LogP contribution in [0.1, 0.15) is 17.5 Å². The Kier molecular flexibility index (Phi) is 5.62. The molecular weight excluding hydrogens is 399 g/mol. The second kappa shape index (κ2) is 8.85. The molecule has 0 N–H and O–H groups in total. The zero-order valence-electron chi connectivity index (χ0n) is 17.3. The molecule has 5 rings (SSSR count). The number of hydrogen-bond donors (Lipinski definition) is 0. The maximum absolute atomic E-state index is 6.99. The van der Waals surface area contributed by atoms with Crippen molar-refractivity contribution in [2.45, 2.75) is 6.10 Å². The Morgan fingerprint density at radius 3 is 1.77 bits per heavy atom. The molecule has 0 saturated carbocycles. The molecule has 4 heteroatoms. The third kappa shape index (κ3) is 4.03. The summed E-state index contributed by atoms with van der Waals surface area (Å²) in [5.41, 5.74) is 3.18. The van der Waals surface area contributed by atoms with Crippen LogP contribution in [0.5, 0.6) is 0 Å². The monoisotopic (exact) mass is 422 g/mol. The van der Waals surface area contributed by atoms with Crippen LogP contribution in [-0.4, -0.2) is 9.55 Å². The Hall–Kier alpha value is -3.26. The van der Waals surface area contributed by atoms with Gasteiger partial charge >= 0.3 is 0 Å². The van der Waals surface area contributed by atoms with E-state index in [1.54, 1.807) is 0 Å².